The van der Waals surface area contributed by atoms with Crippen LogP contribution in [0.3, 0.4) is 0 Å². The summed E-state index contributed by atoms with van der Waals surface area (Å²) in [6, 6.07) is 7.22. The van der Waals surface area contributed by atoms with Crippen LogP contribution in [0.5, 0.6) is 0 Å². The smallest absolute Gasteiger partial charge is 0.252 e. The number of imide groups is 1. The van der Waals surface area contributed by atoms with Crippen LogP contribution in [-0.2, 0) is 9.59 Å². The summed E-state index contributed by atoms with van der Waals surface area (Å²) < 4.78 is 0. The molecule has 2 rings (SSSR count). The number of benzene rings is 1. The molecule has 0 aliphatic carbocycles. The lowest BCUT2D eigenvalue weighted by atomic mass is 10.2. The number of halogens is 1. The van der Waals surface area contributed by atoms with Gasteiger partial charge in [0.15, 0.2) is 0 Å². The first kappa shape index (κ1) is 10.2. The summed E-state index contributed by atoms with van der Waals surface area (Å²) >= 11 is 5.72. The standard InChI is InChI=1S/C11H10ClNO2/c1-7-2-4-8(5-3-7)13-10(14)6-9(12)11(13)15/h2-5,9H,6H2,1H3/t9-/m0/s1. The molecular weight excluding hydrogens is 214 g/mol. The molecule has 4 heteroatoms. The summed E-state index contributed by atoms with van der Waals surface area (Å²) in [7, 11) is 0. The third kappa shape index (κ3) is 1.75. The van der Waals surface area contributed by atoms with Crippen LogP contribution in [0.15, 0.2) is 24.3 Å². The summed E-state index contributed by atoms with van der Waals surface area (Å²) in [6.07, 6.45) is 0.0915. The highest BCUT2D eigenvalue weighted by Crippen LogP contribution is 2.25. The number of carbonyl (C=O) groups excluding carboxylic acids is 2. The van der Waals surface area contributed by atoms with Gasteiger partial charge in [0.05, 0.1) is 12.1 Å². The van der Waals surface area contributed by atoms with Gasteiger partial charge in [-0.3, -0.25) is 9.59 Å². The van der Waals surface area contributed by atoms with Crippen LogP contribution in [0.2, 0.25) is 0 Å². The molecule has 1 aromatic carbocycles. The molecule has 1 heterocycles. The molecule has 0 N–H and O–H groups in total. The molecule has 1 aliphatic heterocycles. The fourth-order valence-corrected chi connectivity index (χ4v) is 1.79. The molecule has 0 unspecified atom stereocenters. The predicted octanol–water partition coefficient (Wildman–Crippen LogP) is 1.87. The Balaban J connectivity index is 2.35. The minimum Gasteiger partial charge on any atom is -0.274 e. The van der Waals surface area contributed by atoms with Crippen molar-refractivity contribution in [3.05, 3.63) is 29.8 Å². The van der Waals surface area contributed by atoms with E-state index in [4.69, 9.17) is 11.6 Å². The zero-order valence-corrected chi connectivity index (χ0v) is 8.99. The van der Waals surface area contributed by atoms with Gasteiger partial charge in [-0.2, -0.15) is 0 Å². The molecule has 1 aliphatic rings. The van der Waals surface area contributed by atoms with E-state index in [0.717, 1.165) is 10.5 Å². The summed E-state index contributed by atoms with van der Waals surface area (Å²) in [5.74, 6) is -0.561. The molecule has 0 aromatic heterocycles. The molecule has 0 spiro atoms. The number of carbonyl (C=O) groups is 2. The summed E-state index contributed by atoms with van der Waals surface area (Å²) in [4.78, 5) is 24.2. The number of hydrogen-bond donors (Lipinski definition) is 0. The zero-order valence-electron chi connectivity index (χ0n) is 8.24. The van der Waals surface area contributed by atoms with E-state index in [2.05, 4.69) is 0 Å². The quantitative estimate of drug-likeness (QED) is 0.538. The number of nitrogens with zero attached hydrogens (tertiary/aromatic N) is 1. The SMILES string of the molecule is Cc1ccc(N2C(=O)C[C@H](Cl)C2=O)cc1. The molecule has 2 amide bonds. The first-order valence-corrected chi connectivity index (χ1v) is 5.11. The topological polar surface area (TPSA) is 37.4 Å². The molecule has 1 aromatic rings. The molecule has 78 valence electrons. The van der Waals surface area contributed by atoms with Crippen molar-refractivity contribution in [1.82, 2.24) is 0 Å². The van der Waals surface area contributed by atoms with Gasteiger partial charge < -0.3 is 0 Å². The molecule has 1 saturated heterocycles. The highest BCUT2D eigenvalue weighted by Gasteiger charge is 2.38. The second kappa shape index (κ2) is 3.66. The number of aryl methyl sites for hydroxylation is 1. The largest absolute Gasteiger partial charge is 0.274 e. The van der Waals surface area contributed by atoms with Crippen LogP contribution in [0.1, 0.15) is 12.0 Å². The van der Waals surface area contributed by atoms with Gasteiger partial charge in [0, 0.05) is 0 Å². The van der Waals surface area contributed by atoms with Crippen molar-refractivity contribution in [3.63, 3.8) is 0 Å². The van der Waals surface area contributed by atoms with E-state index in [1.165, 1.54) is 0 Å². The maximum atomic E-state index is 11.6. The predicted molar refractivity (Wildman–Crippen MR) is 57.9 cm³/mol. The van der Waals surface area contributed by atoms with Crippen molar-refractivity contribution >= 4 is 29.1 Å². The van der Waals surface area contributed by atoms with Crippen LogP contribution in [0.25, 0.3) is 0 Å². The molecule has 1 fully saturated rings. The highest BCUT2D eigenvalue weighted by atomic mass is 35.5. The van der Waals surface area contributed by atoms with Crippen molar-refractivity contribution in [3.8, 4) is 0 Å². The van der Waals surface area contributed by atoms with Crippen LogP contribution in [-0.4, -0.2) is 17.2 Å². The van der Waals surface area contributed by atoms with Gasteiger partial charge in [-0.15, -0.1) is 11.6 Å². The van der Waals surface area contributed by atoms with E-state index in [0.29, 0.717) is 5.69 Å². The summed E-state index contributed by atoms with van der Waals surface area (Å²) in [5.41, 5.74) is 1.68. The Kier molecular flexibility index (Phi) is 2.49. The van der Waals surface area contributed by atoms with Crippen molar-refractivity contribution < 1.29 is 9.59 Å². The Morgan fingerprint density at radius 3 is 2.33 bits per heavy atom. The van der Waals surface area contributed by atoms with E-state index in [1.54, 1.807) is 12.1 Å². The minimum absolute atomic E-state index is 0.0915. The minimum atomic E-state index is -0.709. The lowest BCUT2D eigenvalue weighted by Gasteiger charge is -2.13. The van der Waals surface area contributed by atoms with Crippen LogP contribution in [0, 0.1) is 6.92 Å². The molecule has 1 atom stereocenters. The first-order chi connectivity index (χ1) is 7.09. The van der Waals surface area contributed by atoms with Crippen molar-refractivity contribution in [2.24, 2.45) is 0 Å². The Morgan fingerprint density at radius 2 is 1.87 bits per heavy atom. The van der Waals surface area contributed by atoms with E-state index < -0.39 is 5.38 Å². The maximum Gasteiger partial charge on any atom is 0.252 e. The van der Waals surface area contributed by atoms with Gasteiger partial charge in [0.2, 0.25) is 5.91 Å². The lowest BCUT2D eigenvalue weighted by Crippen LogP contribution is -2.30. The molecular formula is C11H10ClNO2. The molecule has 15 heavy (non-hydrogen) atoms. The summed E-state index contributed by atoms with van der Waals surface area (Å²) in [6.45, 7) is 1.95. The van der Waals surface area contributed by atoms with E-state index in [1.807, 2.05) is 19.1 Å². The van der Waals surface area contributed by atoms with E-state index in [-0.39, 0.29) is 18.2 Å². The average molecular weight is 224 g/mol. The number of anilines is 1. The Morgan fingerprint density at radius 1 is 1.27 bits per heavy atom. The first-order valence-electron chi connectivity index (χ1n) is 4.67. The molecule has 0 saturated carbocycles. The second-order valence-electron chi connectivity index (χ2n) is 3.57. The number of rotatable bonds is 1. The van der Waals surface area contributed by atoms with Gasteiger partial charge in [0.1, 0.15) is 5.38 Å². The fraction of sp³-hybridized carbons (Fsp3) is 0.273. The number of hydrogen-bond acceptors (Lipinski definition) is 2. The van der Waals surface area contributed by atoms with Crippen LogP contribution in [0.4, 0.5) is 5.69 Å². The van der Waals surface area contributed by atoms with Gasteiger partial charge in [-0.25, -0.2) is 4.90 Å². The second-order valence-corrected chi connectivity index (χ2v) is 4.10. The highest BCUT2D eigenvalue weighted by molar-refractivity contribution is 6.40. The van der Waals surface area contributed by atoms with Gasteiger partial charge >= 0.3 is 0 Å². The monoisotopic (exact) mass is 223 g/mol. The van der Waals surface area contributed by atoms with E-state index >= 15 is 0 Å². The number of amides is 2. The third-order valence-corrected chi connectivity index (χ3v) is 2.72. The normalized spacial score (nSPS) is 21.2. The van der Waals surface area contributed by atoms with Gasteiger partial charge in [0.25, 0.3) is 5.91 Å². The Hall–Kier alpha value is -1.35. The molecule has 0 radical (unpaired) electrons. The molecule has 0 bridgehead atoms. The van der Waals surface area contributed by atoms with Gasteiger partial charge in [-0.1, -0.05) is 17.7 Å². The van der Waals surface area contributed by atoms with Gasteiger partial charge in [-0.05, 0) is 19.1 Å². The molecule has 3 nitrogen and oxygen atoms in total. The lowest BCUT2D eigenvalue weighted by molar-refractivity contribution is -0.121. The van der Waals surface area contributed by atoms with Crippen LogP contribution < -0.4 is 4.90 Å². The van der Waals surface area contributed by atoms with Crippen molar-refractivity contribution in [2.75, 3.05) is 4.90 Å². The Labute approximate surface area is 92.6 Å². The van der Waals surface area contributed by atoms with Crippen molar-refractivity contribution in [1.29, 1.82) is 0 Å². The average Bonchev–Trinajstić information content (AvgIpc) is 2.44. The fourth-order valence-electron chi connectivity index (χ4n) is 1.56. The summed E-state index contributed by atoms with van der Waals surface area (Å²) in [5, 5.41) is -0.709. The van der Waals surface area contributed by atoms with E-state index in [9.17, 15) is 9.59 Å². The Bertz CT molecular complexity index is 413. The number of alkyl halides is 1. The third-order valence-electron chi connectivity index (χ3n) is 2.38. The van der Waals surface area contributed by atoms with Crippen molar-refractivity contribution in [2.45, 2.75) is 18.7 Å². The van der Waals surface area contributed by atoms with Crippen LogP contribution >= 0.6 is 11.6 Å². The maximum absolute atomic E-state index is 11.6. The zero-order chi connectivity index (χ0) is 11.0.